The first-order valence-corrected chi connectivity index (χ1v) is 47.9. The summed E-state index contributed by atoms with van der Waals surface area (Å²) in [6.07, 6.45) is -83.6. The summed E-state index contributed by atoms with van der Waals surface area (Å²) >= 11 is 6.31. The molecule has 30 saturated heterocycles. The van der Waals surface area contributed by atoms with Crippen LogP contribution in [0.3, 0.4) is 0 Å². The topological polar surface area (TPSA) is 736 Å². The quantitative estimate of drug-likeness (QED) is 0.0257. The highest BCUT2D eigenvalue weighted by molar-refractivity contribution is 8.00. The predicted molar refractivity (Wildman–Crippen MR) is 430 cm³/mol. The number of hydrogen-bond acceptors (Lipinski definition) is 47. The van der Waals surface area contributed by atoms with Crippen LogP contribution in [0.5, 0.6) is 0 Å². The molecule has 0 aromatic heterocycles. The largest absolute Gasteiger partial charge is 0.481 e. The van der Waals surface area contributed by atoms with Gasteiger partial charge in [-0.1, -0.05) is 0 Å². The Labute approximate surface area is 743 Å². The maximum atomic E-state index is 12.3. The molecule has 0 aromatic rings. The van der Waals surface area contributed by atoms with Crippen LogP contribution in [0.2, 0.25) is 0 Å². The van der Waals surface area contributed by atoms with Gasteiger partial charge in [0.2, 0.25) is 0 Å². The Balaban J connectivity index is 1.11. The molecule has 0 amide bonds. The molecule has 54 heteroatoms. The van der Waals surface area contributed by atoms with Gasteiger partial charge in [-0.2, -0.15) is 82.3 Å². The van der Waals surface area contributed by atoms with Gasteiger partial charge in [-0.25, -0.2) is 0 Å². The molecule has 0 aromatic carbocycles. The van der Waals surface area contributed by atoms with Crippen LogP contribution in [-0.4, -0.2) is 511 Å². The lowest BCUT2D eigenvalue weighted by molar-refractivity contribution is -0.397. The third-order valence-electron chi connectivity index (χ3n) is 21.2. The minimum absolute atomic E-state index is 0.122. The molecular formula is C71H113NO46S7. The molecule has 47 nitrogen and oxygen atoms in total. The molecule has 30 aliphatic rings. The van der Waals surface area contributed by atoms with E-state index in [2.05, 4.69) is 0 Å². The first kappa shape index (κ1) is 106. The third kappa shape index (κ3) is 29.5. The summed E-state index contributed by atoms with van der Waals surface area (Å²) in [6.45, 7) is -0.250. The Morgan fingerprint density at radius 1 is 0.200 bits per heavy atom. The maximum Gasteiger partial charge on any atom is 0.304 e. The predicted octanol–water partition coefficient (Wildman–Crippen LogP) is -8.33. The lowest BCUT2D eigenvalue weighted by atomic mass is 9.95. The highest BCUT2D eigenvalue weighted by Crippen LogP contribution is 2.43. The zero-order valence-electron chi connectivity index (χ0n) is 67.1. The zero-order valence-corrected chi connectivity index (χ0v) is 72.8. The summed E-state index contributed by atoms with van der Waals surface area (Å²) in [6, 6.07) is 0. The number of ether oxygens (including phenoxy) is 16. The van der Waals surface area contributed by atoms with E-state index in [1.54, 1.807) is 14.1 Å². The van der Waals surface area contributed by atoms with Crippen molar-refractivity contribution in [2.45, 2.75) is 291 Å². The number of carboxylic acid groups (broad SMARTS) is 7. The number of aliphatic hydroxyl groups is 16. The van der Waals surface area contributed by atoms with Crippen LogP contribution in [0.15, 0.2) is 0 Å². The van der Waals surface area contributed by atoms with Crippen LogP contribution in [0, 0.1) is 0 Å². The summed E-state index contributed by atoms with van der Waals surface area (Å²) < 4.78 is 100. The molecule has 23 N–H and O–H groups in total. The molecule has 40 atom stereocenters. The average Bonchev–Trinajstić information content (AvgIpc) is 0.772. The minimum atomic E-state index is -2.31. The Kier molecular flexibility index (Phi) is 43.0. The van der Waals surface area contributed by atoms with E-state index in [1.165, 1.54) is 4.90 Å². The van der Waals surface area contributed by atoms with Gasteiger partial charge in [0.25, 0.3) is 0 Å². The van der Waals surface area contributed by atoms with E-state index in [9.17, 15) is 151 Å². The average molecular weight is 1940 g/mol. The van der Waals surface area contributed by atoms with Crippen LogP contribution in [0.25, 0.3) is 0 Å². The number of hydrogen-bond donors (Lipinski definition) is 23. The number of aliphatic carboxylic acids is 7. The van der Waals surface area contributed by atoms with Crippen LogP contribution in [-0.2, 0) is 109 Å². The normalized spacial score (nSPS) is 42.3. The summed E-state index contributed by atoms with van der Waals surface area (Å²) in [5.74, 6) is -12.1. The fourth-order valence-electron chi connectivity index (χ4n) is 14.7. The second-order valence-corrected chi connectivity index (χ2v) is 38.8. The molecule has 0 saturated carbocycles. The van der Waals surface area contributed by atoms with Gasteiger partial charge < -0.3 is 198 Å². The molecule has 0 spiro atoms. The highest BCUT2D eigenvalue weighted by Gasteiger charge is 2.61. The number of carbonyl (C=O) groups is 7. The lowest BCUT2D eigenvalue weighted by Crippen LogP contribution is -2.69. The summed E-state index contributed by atoms with van der Waals surface area (Å²) in [4.78, 5) is 83.9. The van der Waals surface area contributed by atoms with Crippen molar-refractivity contribution in [3.8, 4) is 0 Å². The first-order chi connectivity index (χ1) is 59.2. The summed E-state index contributed by atoms with van der Waals surface area (Å²) in [5, 5.41) is 262. The number of thioether (sulfide) groups is 7. The summed E-state index contributed by atoms with van der Waals surface area (Å²) in [7, 11) is 3.08. The monoisotopic (exact) mass is 1940 g/mol. The van der Waals surface area contributed by atoms with Crippen molar-refractivity contribution in [2.75, 3.05) is 101 Å². The van der Waals surface area contributed by atoms with Crippen molar-refractivity contribution in [1.82, 2.24) is 4.90 Å². The van der Waals surface area contributed by atoms with Gasteiger partial charge in [0, 0.05) is 87.1 Å². The Morgan fingerprint density at radius 2 is 0.320 bits per heavy atom. The fourth-order valence-corrected chi connectivity index (χ4v) is 21.6. The maximum absolute atomic E-state index is 12.3. The molecule has 30 fully saturated rings. The third-order valence-corrected chi connectivity index (χ3v) is 28.6. The van der Waals surface area contributed by atoms with E-state index in [0.717, 1.165) is 82.3 Å². The number of aliphatic hydroxyl groups excluding tert-OH is 16. The van der Waals surface area contributed by atoms with Gasteiger partial charge in [-0.15, -0.1) is 0 Å². The molecule has 3 unspecified atom stereocenters. The van der Waals surface area contributed by atoms with Gasteiger partial charge in [0.05, 0.1) is 87.7 Å². The number of rotatable bonds is 37. The van der Waals surface area contributed by atoms with Crippen molar-refractivity contribution >= 4 is 124 Å². The van der Waals surface area contributed by atoms with Gasteiger partial charge in [-0.05, 0) is 14.1 Å². The molecule has 30 rings (SSSR count). The van der Waals surface area contributed by atoms with Crippen LogP contribution in [0.1, 0.15) is 44.9 Å². The van der Waals surface area contributed by atoms with Gasteiger partial charge in [-0.3, -0.25) is 33.6 Å². The standard InChI is InChI=1S/C71H113NO46S7/c1-72(2)17-25-56-40(87)48(95)64(103-25)112-57-26(18-119-10-3-33(73)74)105-66(50(97)42(57)89)114-59-28(20-121-12-5-35(77)78)107-68(52(99)44(59)91)116-61-30(22-123-14-7-37(81)82)109-70(54(101)46(61)93)118-63-32(24-125-16-9-39(85)86)110-71(55(102)47(63)94)117-62-31(23-124-15-8-38(83)84)108-69(53(100)45(62)92)115-60-29(21-122-13-6-36(79)80)106-67(51(98)43(60)90)113-58-27(19-120-11-4-34(75)76)104-65(111-56)49(96)41(58)88/h25-32,40-71,87-102H,3-24H2,1-2H3,(H,73,74)(H,75,76)(H,77,78)(H,79,80)(H,81,82)(H,83,84)(H,85,86)/t25-,26-,27-,28-,29-,30-,31-,32-,40-,41-,42?,43-,44-,45?,46-,47-,48-,49-,50-,51-,52-,53-,54-,55-,56-,57-,58-,59-,60-,61-,62-,63-,64-,65-,66-,67-,68?,69-,70-,71-/m1/s1. The molecular weight excluding hydrogens is 1830 g/mol. The first-order valence-electron chi connectivity index (χ1n) is 39.8. The van der Waals surface area contributed by atoms with E-state index in [4.69, 9.17) is 75.8 Å². The number of likely N-dealkylation sites (N-methyl/N-ethyl adjacent to an activating group) is 1. The minimum Gasteiger partial charge on any atom is -0.481 e. The molecule has 16 bridgehead atoms. The Morgan fingerprint density at radius 3 is 0.440 bits per heavy atom. The number of nitrogens with zero attached hydrogens (tertiary/aromatic N) is 1. The van der Waals surface area contributed by atoms with Crippen LogP contribution >= 0.6 is 82.3 Å². The Hall–Kier alpha value is -2.58. The Bertz CT molecular complexity index is 3230. The van der Waals surface area contributed by atoms with Crippen molar-refractivity contribution < 1.29 is 227 Å². The van der Waals surface area contributed by atoms with Crippen molar-refractivity contribution in [2.24, 2.45) is 0 Å². The second kappa shape index (κ2) is 50.7. The zero-order chi connectivity index (χ0) is 91.5. The summed E-state index contributed by atoms with van der Waals surface area (Å²) in [5.41, 5.74) is 0. The van der Waals surface area contributed by atoms with Gasteiger partial charge in [0.1, 0.15) is 153 Å². The van der Waals surface area contributed by atoms with Gasteiger partial charge in [0.15, 0.2) is 50.3 Å². The van der Waals surface area contributed by atoms with E-state index in [1.807, 2.05) is 0 Å². The molecule has 720 valence electrons. The van der Waals surface area contributed by atoms with Gasteiger partial charge >= 0.3 is 41.8 Å². The fraction of sp³-hybridized carbons (Fsp3) is 0.901. The molecule has 0 radical (unpaired) electrons. The molecule has 30 heterocycles. The highest BCUT2D eigenvalue weighted by atomic mass is 32.2. The van der Waals surface area contributed by atoms with E-state index < -0.39 is 332 Å². The second-order valence-electron chi connectivity index (χ2n) is 30.8. The lowest BCUT2D eigenvalue weighted by Gasteiger charge is -2.51. The molecule has 0 aliphatic carbocycles. The smallest absolute Gasteiger partial charge is 0.304 e. The van der Waals surface area contributed by atoms with E-state index in [0.29, 0.717) is 0 Å². The molecule has 125 heavy (non-hydrogen) atoms. The van der Waals surface area contributed by atoms with Crippen molar-refractivity contribution in [3.05, 3.63) is 0 Å². The van der Waals surface area contributed by atoms with Crippen LogP contribution < -0.4 is 0 Å². The van der Waals surface area contributed by atoms with Crippen molar-refractivity contribution in [3.63, 3.8) is 0 Å². The van der Waals surface area contributed by atoms with Crippen molar-refractivity contribution in [1.29, 1.82) is 0 Å². The SMILES string of the molecule is CN(C)C[C@H]1O[C@@H]2O[C@H]3C(O)[C@@H](O)[C@@H](O[C@H]4[C@H](O)[C@@H](O)C(O[C@H]5[C@H](O)[C@@H](O)[C@@H](O[C@H]6[C@H](O)[C@@H](O)[C@H](O[C@@H]6CSCCC(=O)O)O[C@H]6C(O)[C@@H](O)[C@@H](O[C@H]7[C@H](O)[C@@H](O)[C@@H](O[C@H]8[C@H](O)[C@@H](O)[C@@H](O[C@H]1[C@H](O)[C@H]2O)O[C@@H]8CSCCC(=O)O)O[C@@H]7CSCCC(=O)O)O[C@@H]6CSCCC(=O)O)O[C@@H]5CSCCC(=O)O)O[C@@H]4CSCCC(=O)O)O[C@@H]3CSCCC(=O)O. The molecule has 30 aliphatic heterocycles. The van der Waals surface area contributed by atoms with Crippen LogP contribution in [0.4, 0.5) is 0 Å². The number of carboxylic acids is 7. The van der Waals surface area contributed by atoms with E-state index in [-0.39, 0.29) is 87.1 Å². The van der Waals surface area contributed by atoms with E-state index >= 15 is 0 Å².